The van der Waals surface area contributed by atoms with Crippen molar-refractivity contribution in [3.8, 4) is 0 Å². The first-order chi connectivity index (χ1) is 16.1. The Kier molecular flexibility index (Phi) is 5.48. The SMILES string of the molecule is Cc1cccc(NC(=O)COC(=O)c2c3c(nc4ccccc24)/C(=C/c2ccco2)CC3)c1. The van der Waals surface area contributed by atoms with Crippen molar-refractivity contribution in [3.63, 3.8) is 0 Å². The quantitative estimate of drug-likeness (QED) is 0.421. The first-order valence-electron chi connectivity index (χ1n) is 10.8. The van der Waals surface area contributed by atoms with E-state index in [9.17, 15) is 9.59 Å². The van der Waals surface area contributed by atoms with E-state index in [0.717, 1.165) is 40.0 Å². The number of hydrogen-bond acceptors (Lipinski definition) is 5. The number of allylic oxidation sites excluding steroid dienone is 1. The number of furan rings is 1. The second kappa shape index (κ2) is 8.74. The molecule has 0 bridgehead atoms. The number of amides is 1. The topological polar surface area (TPSA) is 81.4 Å². The highest BCUT2D eigenvalue weighted by Crippen LogP contribution is 2.37. The number of pyridine rings is 1. The Bertz CT molecular complexity index is 1390. The van der Waals surface area contributed by atoms with Gasteiger partial charge in [-0.05, 0) is 72.9 Å². The van der Waals surface area contributed by atoms with Gasteiger partial charge in [0.15, 0.2) is 6.61 Å². The van der Waals surface area contributed by atoms with Gasteiger partial charge in [-0.15, -0.1) is 0 Å². The van der Waals surface area contributed by atoms with Gasteiger partial charge in [0.05, 0.1) is 23.0 Å². The minimum Gasteiger partial charge on any atom is -0.465 e. The van der Waals surface area contributed by atoms with Crippen LogP contribution in [0.1, 0.15) is 39.4 Å². The van der Waals surface area contributed by atoms with Gasteiger partial charge in [0.1, 0.15) is 5.76 Å². The Morgan fingerprint density at radius 2 is 1.97 bits per heavy atom. The Hall–Kier alpha value is -4.19. The van der Waals surface area contributed by atoms with E-state index in [2.05, 4.69) is 5.32 Å². The molecule has 0 saturated heterocycles. The monoisotopic (exact) mass is 438 g/mol. The van der Waals surface area contributed by atoms with Gasteiger partial charge in [0.25, 0.3) is 5.91 Å². The standard InChI is InChI=1S/C27H22N2O4/c1-17-6-4-7-19(14-17)28-24(30)16-33-27(31)25-21-9-2-3-10-23(21)29-26-18(11-12-22(25)26)15-20-8-5-13-32-20/h2-10,13-15H,11-12,16H2,1H3,(H,28,30)/b18-15+. The summed E-state index contributed by atoms with van der Waals surface area (Å²) in [5.41, 5.74) is 5.51. The Balaban J connectivity index is 1.43. The summed E-state index contributed by atoms with van der Waals surface area (Å²) in [6.07, 6.45) is 4.99. The predicted octanol–water partition coefficient (Wildman–Crippen LogP) is 5.42. The second-order valence-electron chi connectivity index (χ2n) is 8.01. The molecule has 4 aromatic rings. The fraction of sp³-hybridized carbons (Fsp3) is 0.148. The average molecular weight is 438 g/mol. The molecule has 1 aliphatic carbocycles. The zero-order valence-corrected chi connectivity index (χ0v) is 18.1. The molecule has 2 heterocycles. The summed E-state index contributed by atoms with van der Waals surface area (Å²) in [5, 5.41) is 3.48. The van der Waals surface area contributed by atoms with E-state index >= 15 is 0 Å². The smallest absolute Gasteiger partial charge is 0.339 e. The number of nitrogens with one attached hydrogen (secondary N) is 1. The highest BCUT2D eigenvalue weighted by atomic mass is 16.5. The zero-order chi connectivity index (χ0) is 22.8. The number of nitrogens with zero attached hydrogens (tertiary/aromatic N) is 1. The highest BCUT2D eigenvalue weighted by molar-refractivity contribution is 6.07. The number of rotatable bonds is 5. The zero-order valence-electron chi connectivity index (χ0n) is 18.1. The molecule has 2 aromatic heterocycles. The molecule has 1 amide bonds. The van der Waals surface area contributed by atoms with Gasteiger partial charge in [0, 0.05) is 11.1 Å². The summed E-state index contributed by atoms with van der Waals surface area (Å²) >= 11 is 0. The molecule has 0 fully saturated rings. The maximum absolute atomic E-state index is 13.2. The number of carbonyl (C=O) groups is 2. The number of ether oxygens (including phenoxy) is 1. The summed E-state index contributed by atoms with van der Waals surface area (Å²) in [7, 11) is 0. The van der Waals surface area contributed by atoms with Crippen LogP contribution in [0.15, 0.2) is 71.3 Å². The molecule has 0 spiro atoms. The van der Waals surface area contributed by atoms with Crippen molar-refractivity contribution >= 4 is 40.1 Å². The molecule has 0 unspecified atom stereocenters. The lowest BCUT2D eigenvalue weighted by atomic mass is 10.0. The fourth-order valence-electron chi connectivity index (χ4n) is 4.18. The molecule has 1 aliphatic rings. The van der Waals surface area contributed by atoms with Crippen LogP contribution in [0.4, 0.5) is 5.69 Å². The molecule has 0 aliphatic heterocycles. The van der Waals surface area contributed by atoms with E-state index < -0.39 is 5.97 Å². The molecule has 33 heavy (non-hydrogen) atoms. The molecular formula is C27H22N2O4. The van der Waals surface area contributed by atoms with Gasteiger partial charge in [-0.25, -0.2) is 9.78 Å². The third kappa shape index (κ3) is 4.28. The van der Waals surface area contributed by atoms with Gasteiger partial charge in [-0.1, -0.05) is 30.3 Å². The number of para-hydroxylation sites is 1. The number of aromatic nitrogens is 1. The van der Waals surface area contributed by atoms with Crippen LogP contribution < -0.4 is 5.32 Å². The van der Waals surface area contributed by atoms with E-state index in [1.54, 1.807) is 12.3 Å². The molecule has 164 valence electrons. The lowest BCUT2D eigenvalue weighted by Gasteiger charge is -2.12. The summed E-state index contributed by atoms with van der Waals surface area (Å²) in [4.78, 5) is 30.4. The number of fused-ring (bicyclic) bond motifs is 2. The lowest BCUT2D eigenvalue weighted by Crippen LogP contribution is -2.21. The first kappa shape index (κ1) is 20.7. The van der Waals surface area contributed by atoms with Crippen molar-refractivity contribution in [1.29, 1.82) is 0 Å². The number of anilines is 1. The normalized spacial score (nSPS) is 13.8. The first-order valence-corrected chi connectivity index (χ1v) is 10.8. The summed E-state index contributed by atoms with van der Waals surface area (Å²) in [6.45, 7) is 1.58. The van der Waals surface area contributed by atoms with Crippen LogP contribution in [0.5, 0.6) is 0 Å². The minimum absolute atomic E-state index is 0.368. The summed E-state index contributed by atoms with van der Waals surface area (Å²) in [5.74, 6) is -0.171. The Morgan fingerprint density at radius 1 is 1.09 bits per heavy atom. The average Bonchev–Trinajstić information content (AvgIpc) is 3.46. The van der Waals surface area contributed by atoms with Crippen molar-refractivity contribution in [1.82, 2.24) is 4.98 Å². The largest absolute Gasteiger partial charge is 0.465 e. The van der Waals surface area contributed by atoms with Crippen LogP contribution in [0.25, 0.3) is 22.6 Å². The van der Waals surface area contributed by atoms with E-state index in [-0.39, 0.29) is 12.5 Å². The Labute approximate surface area is 190 Å². The van der Waals surface area contributed by atoms with Crippen LogP contribution in [0, 0.1) is 6.92 Å². The van der Waals surface area contributed by atoms with E-state index in [0.29, 0.717) is 23.2 Å². The van der Waals surface area contributed by atoms with Gasteiger partial charge >= 0.3 is 5.97 Å². The highest BCUT2D eigenvalue weighted by Gasteiger charge is 2.28. The molecule has 0 saturated carbocycles. The van der Waals surface area contributed by atoms with Gasteiger partial charge in [-0.2, -0.15) is 0 Å². The number of esters is 1. The van der Waals surface area contributed by atoms with Crippen molar-refractivity contribution in [3.05, 3.63) is 95.1 Å². The molecule has 5 rings (SSSR count). The predicted molar refractivity (Wildman–Crippen MR) is 127 cm³/mol. The number of aryl methyl sites for hydroxylation is 1. The van der Waals surface area contributed by atoms with Crippen molar-refractivity contribution < 1.29 is 18.7 Å². The number of carbonyl (C=O) groups excluding carboxylic acids is 2. The third-order valence-electron chi connectivity index (χ3n) is 5.64. The van der Waals surface area contributed by atoms with Crippen LogP contribution in [-0.2, 0) is 16.0 Å². The van der Waals surface area contributed by atoms with Crippen molar-refractivity contribution in [2.45, 2.75) is 19.8 Å². The minimum atomic E-state index is -0.525. The third-order valence-corrected chi connectivity index (χ3v) is 5.64. The van der Waals surface area contributed by atoms with E-state index in [1.165, 1.54) is 0 Å². The molecule has 2 aromatic carbocycles. The summed E-state index contributed by atoms with van der Waals surface area (Å²) < 4.78 is 10.9. The lowest BCUT2D eigenvalue weighted by molar-refractivity contribution is -0.119. The van der Waals surface area contributed by atoms with Gasteiger partial charge in [0.2, 0.25) is 0 Å². The number of benzene rings is 2. The summed E-state index contributed by atoms with van der Waals surface area (Å²) in [6, 6.07) is 18.7. The number of hydrogen-bond donors (Lipinski definition) is 1. The Morgan fingerprint density at radius 3 is 2.79 bits per heavy atom. The molecular weight excluding hydrogens is 416 g/mol. The van der Waals surface area contributed by atoms with Crippen molar-refractivity contribution in [2.24, 2.45) is 0 Å². The van der Waals surface area contributed by atoms with Crippen LogP contribution in [-0.4, -0.2) is 23.5 Å². The van der Waals surface area contributed by atoms with E-state index in [1.807, 2.05) is 67.6 Å². The van der Waals surface area contributed by atoms with Gasteiger partial charge in [-0.3, -0.25) is 4.79 Å². The van der Waals surface area contributed by atoms with Crippen LogP contribution in [0.2, 0.25) is 0 Å². The molecule has 6 heteroatoms. The van der Waals surface area contributed by atoms with E-state index in [4.69, 9.17) is 14.1 Å². The second-order valence-corrected chi connectivity index (χ2v) is 8.01. The maximum atomic E-state index is 13.2. The fourth-order valence-corrected chi connectivity index (χ4v) is 4.18. The maximum Gasteiger partial charge on any atom is 0.339 e. The van der Waals surface area contributed by atoms with Crippen molar-refractivity contribution in [2.75, 3.05) is 11.9 Å². The van der Waals surface area contributed by atoms with Gasteiger partial charge < -0.3 is 14.5 Å². The molecule has 1 N–H and O–H groups in total. The van der Waals surface area contributed by atoms with Crippen LogP contribution in [0.3, 0.4) is 0 Å². The molecule has 6 nitrogen and oxygen atoms in total. The van der Waals surface area contributed by atoms with Crippen LogP contribution >= 0.6 is 0 Å². The molecule has 0 radical (unpaired) electrons. The molecule has 0 atom stereocenters.